The van der Waals surface area contributed by atoms with Crippen molar-refractivity contribution in [2.24, 2.45) is 0 Å². The number of carbonyl (C=O) groups is 2. The molecule has 2 N–H and O–H groups in total. The van der Waals surface area contributed by atoms with Crippen LogP contribution < -0.4 is 4.90 Å². The first kappa shape index (κ1) is 18.1. The summed E-state index contributed by atoms with van der Waals surface area (Å²) in [6.45, 7) is 3.69. The second-order valence-electron chi connectivity index (χ2n) is 8.07. The fourth-order valence-corrected chi connectivity index (χ4v) is 4.64. The van der Waals surface area contributed by atoms with Crippen molar-refractivity contribution in [3.05, 3.63) is 65.5 Å². The molecular formula is C23H25N4O2+. The van der Waals surface area contributed by atoms with Crippen LogP contribution in [0.3, 0.4) is 0 Å². The molecule has 2 amide bonds. The van der Waals surface area contributed by atoms with Crippen molar-refractivity contribution in [3.63, 3.8) is 0 Å². The van der Waals surface area contributed by atoms with Crippen LogP contribution in [0.2, 0.25) is 0 Å². The highest BCUT2D eigenvalue weighted by Crippen LogP contribution is 2.24. The molecule has 2 aromatic carbocycles. The number of aromatic nitrogens is 2. The van der Waals surface area contributed by atoms with E-state index in [2.05, 4.69) is 17.1 Å². The summed E-state index contributed by atoms with van der Waals surface area (Å²) in [7, 11) is 0. The zero-order valence-corrected chi connectivity index (χ0v) is 16.4. The van der Waals surface area contributed by atoms with Gasteiger partial charge in [0.1, 0.15) is 5.82 Å². The van der Waals surface area contributed by atoms with Crippen molar-refractivity contribution in [3.8, 4) is 0 Å². The number of nitrogens with one attached hydrogen (secondary N) is 2. The molecule has 0 aliphatic carbocycles. The Kier molecular flexibility index (Phi) is 4.64. The van der Waals surface area contributed by atoms with Gasteiger partial charge in [-0.3, -0.25) is 14.5 Å². The summed E-state index contributed by atoms with van der Waals surface area (Å²) in [4.78, 5) is 36.1. The number of rotatable bonds is 5. The molecule has 0 bridgehead atoms. The van der Waals surface area contributed by atoms with Gasteiger partial charge in [0, 0.05) is 31.7 Å². The van der Waals surface area contributed by atoms with Gasteiger partial charge in [-0.15, -0.1) is 0 Å². The summed E-state index contributed by atoms with van der Waals surface area (Å²) in [6, 6.07) is 15.3. The Bertz CT molecular complexity index is 997. The number of hydrogen-bond acceptors (Lipinski definition) is 3. The molecule has 0 atom stereocenters. The van der Waals surface area contributed by atoms with Crippen LogP contribution >= 0.6 is 0 Å². The number of fused-ring (bicyclic) bond motifs is 2. The summed E-state index contributed by atoms with van der Waals surface area (Å²) in [5.74, 6) is 1.30. The molecule has 0 unspecified atom stereocenters. The minimum Gasteiger partial charge on any atom is -0.342 e. The highest BCUT2D eigenvalue weighted by molar-refractivity contribution is 6.21. The predicted octanol–water partition coefficient (Wildman–Crippen LogP) is 2.01. The summed E-state index contributed by atoms with van der Waals surface area (Å²) >= 11 is 0. The third-order valence-corrected chi connectivity index (χ3v) is 6.28. The van der Waals surface area contributed by atoms with Gasteiger partial charge in [0.05, 0.1) is 41.8 Å². The molecule has 1 fully saturated rings. The van der Waals surface area contributed by atoms with Crippen LogP contribution in [0.4, 0.5) is 0 Å². The standard InChI is InChI=1S/C23H24N4O2/c28-22-17-6-1-2-7-18(17)23(29)27(22)13-5-12-26-14-10-16(11-15-26)21-24-19-8-3-4-9-20(19)25-21/h1-4,6-9,16H,5,10-15H2,(H,24,25)/p+1. The Hall–Kier alpha value is -2.99. The number of benzene rings is 2. The van der Waals surface area contributed by atoms with Crippen molar-refractivity contribution in [1.82, 2.24) is 14.9 Å². The fourth-order valence-electron chi connectivity index (χ4n) is 4.64. The van der Waals surface area contributed by atoms with Gasteiger partial charge in [-0.2, -0.15) is 0 Å². The number of hydrogen-bond donors (Lipinski definition) is 2. The van der Waals surface area contributed by atoms with Crippen LogP contribution in [0, 0.1) is 0 Å². The number of quaternary nitrogens is 1. The lowest BCUT2D eigenvalue weighted by atomic mass is 9.96. The molecule has 1 aromatic heterocycles. The lowest BCUT2D eigenvalue weighted by Gasteiger charge is -2.28. The molecule has 0 saturated carbocycles. The predicted molar refractivity (Wildman–Crippen MR) is 110 cm³/mol. The molecule has 6 nitrogen and oxygen atoms in total. The molecule has 6 heteroatoms. The molecule has 3 heterocycles. The molecule has 148 valence electrons. The summed E-state index contributed by atoms with van der Waals surface area (Å²) in [6.07, 6.45) is 3.07. The van der Waals surface area contributed by atoms with Gasteiger partial charge in [-0.25, -0.2) is 4.98 Å². The summed E-state index contributed by atoms with van der Waals surface area (Å²) in [5, 5.41) is 0. The molecule has 0 radical (unpaired) electrons. The normalized spacial score (nSPS) is 21.7. The van der Waals surface area contributed by atoms with Crippen LogP contribution in [0.15, 0.2) is 48.5 Å². The van der Waals surface area contributed by atoms with Gasteiger partial charge >= 0.3 is 0 Å². The summed E-state index contributed by atoms with van der Waals surface area (Å²) in [5.41, 5.74) is 3.23. The maximum atomic E-state index is 12.5. The van der Waals surface area contributed by atoms with E-state index in [9.17, 15) is 9.59 Å². The van der Waals surface area contributed by atoms with Crippen LogP contribution in [-0.4, -0.2) is 52.9 Å². The second-order valence-corrected chi connectivity index (χ2v) is 8.07. The van der Waals surface area contributed by atoms with Crippen LogP contribution in [0.1, 0.15) is 51.7 Å². The highest BCUT2D eigenvalue weighted by atomic mass is 16.2. The molecule has 3 aromatic rings. The third kappa shape index (κ3) is 3.34. The SMILES string of the molecule is O=C1c2ccccc2C(=O)N1CCC[NH+]1CCC(c2nc3ccccc3[nH]2)CC1. The first-order chi connectivity index (χ1) is 14.2. The number of aromatic amines is 1. The van der Waals surface area contributed by atoms with Gasteiger partial charge in [0.25, 0.3) is 11.8 Å². The Balaban J connectivity index is 1.12. The first-order valence-corrected chi connectivity index (χ1v) is 10.4. The molecule has 2 aliphatic rings. The Morgan fingerprint density at radius 3 is 2.31 bits per heavy atom. The Morgan fingerprint density at radius 1 is 0.966 bits per heavy atom. The number of nitrogens with zero attached hydrogens (tertiary/aromatic N) is 2. The van der Waals surface area contributed by atoms with E-state index in [1.807, 2.05) is 24.3 Å². The molecule has 29 heavy (non-hydrogen) atoms. The van der Waals surface area contributed by atoms with Gasteiger partial charge in [-0.05, 0) is 24.3 Å². The molecule has 2 aliphatic heterocycles. The third-order valence-electron chi connectivity index (χ3n) is 6.28. The topological polar surface area (TPSA) is 70.5 Å². The maximum Gasteiger partial charge on any atom is 0.261 e. The van der Waals surface area contributed by atoms with E-state index in [4.69, 9.17) is 4.98 Å². The van der Waals surface area contributed by atoms with Gasteiger partial charge in [0.2, 0.25) is 0 Å². The zero-order valence-electron chi connectivity index (χ0n) is 16.4. The quantitative estimate of drug-likeness (QED) is 0.656. The fraction of sp³-hybridized carbons (Fsp3) is 0.348. The minimum atomic E-state index is -0.149. The lowest BCUT2D eigenvalue weighted by Crippen LogP contribution is -3.13. The first-order valence-electron chi connectivity index (χ1n) is 10.4. The molecule has 5 rings (SSSR count). The monoisotopic (exact) mass is 389 g/mol. The van der Waals surface area contributed by atoms with Gasteiger partial charge in [0.15, 0.2) is 0 Å². The lowest BCUT2D eigenvalue weighted by molar-refractivity contribution is -0.905. The minimum absolute atomic E-state index is 0.149. The van der Waals surface area contributed by atoms with E-state index in [0.717, 1.165) is 55.8 Å². The number of piperidine rings is 1. The Labute approximate surface area is 169 Å². The van der Waals surface area contributed by atoms with Crippen molar-refractivity contribution in [1.29, 1.82) is 0 Å². The van der Waals surface area contributed by atoms with Crippen LogP contribution in [0.25, 0.3) is 11.0 Å². The maximum absolute atomic E-state index is 12.5. The zero-order chi connectivity index (χ0) is 19.8. The molecule has 1 saturated heterocycles. The van der Waals surface area contributed by atoms with E-state index in [1.165, 1.54) is 4.90 Å². The van der Waals surface area contributed by atoms with Crippen molar-refractivity contribution < 1.29 is 14.5 Å². The van der Waals surface area contributed by atoms with E-state index in [-0.39, 0.29) is 11.8 Å². The van der Waals surface area contributed by atoms with Crippen molar-refractivity contribution >= 4 is 22.8 Å². The van der Waals surface area contributed by atoms with E-state index in [1.54, 1.807) is 17.0 Å². The summed E-state index contributed by atoms with van der Waals surface area (Å²) < 4.78 is 0. The van der Waals surface area contributed by atoms with Crippen LogP contribution in [-0.2, 0) is 0 Å². The average molecular weight is 389 g/mol. The number of likely N-dealkylation sites (tertiary alicyclic amines) is 1. The van der Waals surface area contributed by atoms with Gasteiger partial charge in [-0.1, -0.05) is 24.3 Å². The number of H-pyrrole nitrogens is 1. The smallest absolute Gasteiger partial charge is 0.261 e. The molecule has 0 spiro atoms. The highest BCUT2D eigenvalue weighted by Gasteiger charge is 2.35. The van der Waals surface area contributed by atoms with Crippen molar-refractivity contribution in [2.45, 2.75) is 25.2 Å². The number of amides is 2. The number of imidazole rings is 1. The number of para-hydroxylation sites is 2. The number of imide groups is 1. The van der Waals surface area contributed by atoms with E-state index in [0.29, 0.717) is 23.6 Å². The van der Waals surface area contributed by atoms with Gasteiger partial charge < -0.3 is 9.88 Å². The largest absolute Gasteiger partial charge is 0.342 e. The van der Waals surface area contributed by atoms with Crippen molar-refractivity contribution in [2.75, 3.05) is 26.2 Å². The Morgan fingerprint density at radius 2 is 1.62 bits per heavy atom. The average Bonchev–Trinajstić information content (AvgIpc) is 3.30. The van der Waals surface area contributed by atoms with E-state index < -0.39 is 0 Å². The van der Waals surface area contributed by atoms with E-state index >= 15 is 0 Å². The second kappa shape index (κ2) is 7.44. The van der Waals surface area contributed by atoms with Crippen LogP contribution in [0.5, 0.6) is 0 Å². The number of carbonyl (C=O) groups excluding carboxylic acids is 2. The molecular weight excluding hydrogens is 364 g/mol.